The Hall–Kier alpha value is -2.40. The number of amides is 1. The second-order valence-electron chi connectivity index (χ2n) is 4.33. The first-order valence-corrected chi connectivity index (χ1v) is 6.40. The molecule has 2 rings (SSSR count). The average Bonchev–Trinajstić information content (AvgIpc) is 2.38. The molecule has 0 heterocycles. The Morgan fingerprint density at radius 1 is 1.20 bits per heavy atom. The van der Waals surface area contributed by atoms with E-state index in [1.54, 1.807) is 30.3 Å². The van der Waals surface area contributed by atoms with Crippen molar-refractivity contribution in [3.05, 3.63) is 59.2 Å². The van der Waals surface area contributed by atoms with Crippen molar-refractivity contribution in [1.82, 2.24) is 0 Å². The summed E-state index contributed by atoms with van der Waals surface area (Å²) in [6.45, 7) is 1.87. The van der Waals surface area contributed by atoms with Crippen LogP contribution in [0.2, 0.25) is 0 Å². The van der Waals surface area contributed by atoms with Gasteiger partial charge in [-0.1, -0.05) is 36.5 Å². The summed E-state index contributed by atoms with van der Waals surface area (Å²) >= 11 is 5.01. The molecule has 1 amide bonds. The minimum atomic E-state index is -0.411. The van der Waals surface area contributed by atoms with Crippen molar-refractivity contribution in [3.63, 3.8) is 0 Å². The Morgan fingerprint density at radius 2 is 1.90 bits per heavy atom. The maximum atomic E-state index is 12.2. The highest BCUT2D eigenvalue weighted by molar-refractivity contribution is 7.80. The van der Waals surface area contributed by atoms with E-state index in [2.05, 4.69) is 5.32 Å². The molecule has 20 heavy (non-hydrogen) atoms. The first kappa shape index (κ1) is 14.0. The fourth-order valence-corrected chi connectivity index (χ4v) is 2.23. The molecule has 0 bridgehead atoms. The summed E-state index contributed by atoms with van der Waals surface area (Å²) in [6.07, 6.45) is 0. The zero-order valence-electron chi connectivity index (χ0n) is 10.9. The summed E-state index contributed by atoms with van der Waals surface area (Å²) in [4.78, 5) is 12.4. The van der Waals surface area contributed by atoms with Crippen LogP contribution >= 0.6 is 12.2 Å². The van der Waals surface area contributed by atoms with Crippen molar-refractivity contribution in [2.75, 3.05) is 5.32 Å². The lowest BCUT2D eigenvalue weighted by molar-refractivity contribution is 0.102. The number of para-hydroxylation sites is 1. The number of carbonyl (C=O) groups excluding carboxylic acids is 1. The molecule has 0 atom stereocenters. The summed E-state index contributed by atoms with van der Waals surface area (Å²) in [6, 6.07) is 11.7. The third-order valence-electron chi connectivity index (χ3n) is 2.92. The third-order valence-corrected chi connectivity index (χ3v) is 3.12. The van der Waals surface area contributed by atoms with Gasteiger partial charge in [-0.05, 0) is 30.7 Å². The number of hydrogen-bond donors (Lipinski definition) is 3. The highest BCUT2D eigenvalue weighted by Gasteiger charge is 2.14. The van der Waals surface area contributed by atoms with Crippen molar-refractivity contribution in [2.45, 2.75) is 6.92 Å². The van der Waals surface area contributed by atoms with Crippen LogP contribution in [0.25, 0.3) is 0 Å². The smallest absolute Gasteiger partial charge is 0.259 e. The molecular formula is C15H14N2O2S. The van der Waals surface area contributed by atoms with Crippen LogP contribution in [-0.2, 0) is 0 Å². The Bertz CT molecular complexity index is 683. The van der Waals surface area contributed by atoms with Gasteiger partial charge in [-0.25, -0.2) is 0 Å². The molecule has 0 unspecified atom stereocenters. The maximum absolute atomic E-state index is 12.2. The van der Waals surface area contributed by atoms with Gasteiger partial charge in [0.15, 0.2) is 0 Å². The van der Waals surface area contributed by atoms with E-state index in [4.69, 9.17) is 18.0 Å². The molecular weight excluding hydrogens is 272 g/mol. The Morgan fingerprint density at radius 3 is 2.55 bits per heavy atom. The number of rotatable bonds is 3. The SMILES string of the molecule is Cc1cccc(NC(=O)c2ccccc2O)c1C(N)=S. The number of phenols is 1. The minimum absolute atomic E-state index is 0.0745. The van der Waals surface area contributed by atoms with Gasteiger partial charge in [0.05, 0.1) is 11.3 Å². The summed E-state index contributed by atoms with van der Waals surface area (Å²) < 4.78 is 0. The molecule has 0 aliphatic carbocycles. The van der Waals surface area contributed by atoms with Crippen LogP contribution in [0, 0.1) is 6.92 Å². The number of aryl methyl sites for hydroxylation is 1. The van der Waals surface area contributed by atoms with E-state index >= 15 is 0 Å². The molecule has 4 nitrogen and oxygen atoms in total. The zero-order valence-corrected chi connectivity index (χ0v) is 11.7. The average molecular weight is 286 g/mol. The van der Waals surface area contributed by atoms with Crippen LogP contribution in [0.15, 0.2) is 42.5 Å². The van der Waals surface area contributed by atoms with Crippen molar-refractivity contribution in [3.8, 4) is 5.75 Å². The van der Waals surface area contributed by atoms with Crippen LogP contribution in [-0.4, -0.2) is 16.0 Å². The Labute approximate surface area is 122 Å². The standard InChI is InChI=1S/C15H14N2O2S/c1-9-5-4-7-11(13(9)14(16)20)17-15(19)10-6-2-3-8-12(10)18/h2-8,18H,1H3,(H2,16,20)(H,17,19). The van der Waals surface area contributed by atoms with E-state index in [-0.39, 0.29) is 16.3 Å². The van der Waals surface area contributed by atoms with Gasteiger partial charge < -0.3 is 16.2 Å². The van der Waals surface area contributed by atoms with Gasteiger partial charge >= 0.3 is 0 Å². The van der Waals surface area contributed by atoms with Gasteiger partial charge in [-0.3, -0.25) is 4.79 Å². The van der Waals surface area contributed by atoms with Crippen LogP contribution < -0.4 is 11.1 Å². The topological polar surface area (TPSA) is 75.3 Å². The first-order chi connectivity index (χ1) is 9.50. The van der Waals surface area contributed by atoms with Crippen LogP contribution in [0.4, 0.5) is 5.69 Å². The molecule has 0 spiro atoms. The van der Waals surface area contributed by atoms with E-state index in [9.17, 15) is 9.90 Å². The molecule has 5 heteroatoms. The largest absolute Gasteiger partial charge is 0.507 e. The number of nitrogens with two attached hydrogens (primary N) is 1. The number of aromatic hydroxyl groups is 1. The van der Waals surface area contributed by atoms with E-state index < -0.39 is 5.91 Å². The highest BCUT2D eigenvalue weighted by atomic mass is 32.1. The van der Waals surface area contributed by atoms with Gasteiger partial charge in [0.25, 0.3) is 5.91 Å². The second kappa shape index (κ2) is 5.71. The quantitative estimate of drug-likeness (QED) is 0.758. The van der Waals surface area contributed by atoms with Crippen LogP contribution in [0.5, 0.6) is 5.75 Å². The number of benzene rings is 2. The number of carbonyl (C=O) groups is 1. The van der Waals surface area contributed by atoms with Gasteiger partial charge in [0, 0.05) is 5.56 Å². The summed E-state index contributed by atoms with van der Waals surface area (Å²) in [7, 11) is 0. The summed E-state index contributed by atoms with van der Waals surface area (Å²) in [5.41, 5.74) is 7.93. The lowest BCUT2D eigenvalue weighted by Crippen LogP contribution is -2.18. The van der Waals surface area contributed by atoms with Crippen molar-refractivity contribution >= 4 is 28.8 Å². The molecule has 2 aromatic rings. The second-order valence-corrected chi connectivity index (χ2v) is 4.77. The zero-order chi connectivity index (χ0) is 14.7. The molecule has 0 aliphatic rings. The number of thiocarbonyl (C=S) groups is 1. The molecule has 0 aliphatic heterocycles. The van der Waals surface area contributed by atoms with Crippen molar-refractivity contribution in [2.24, 2.45) is 5.73 Å². The molecule has 0 saturated carbocycles. The van der Waals surface area contributed by atoms with Crippen molar-refractivity contribution < 1.29 is 9.90 Å². The van der Waals surface area contributed by atoms with E-state index in [1.165, 1.54) is 6.07 Å². The van der Waals surface area contributed by atoms with E-state index in [0.717, 1.165) is 5.56 Å². The van der Waals surface area contributed by atoms with Gasteiger partial charge in [0.2, 0.25) is 0 Å². The molecule has 4 N–H and O–H groups in total. The molecule has 0 radical (unpaired) electrons. The van der Waals surface area contributed by atoms with Crippen LogP contribution in [0.3, 0.4) is 0 Å². The number of phenolic OH excluding ortho intramolecular Hbond substituents is 1. The van der Waals surface area contributed by atoms with E-state index in [1.807, 2.05) is 13.0 Å². The lowest BCUT2D eigenvalue weighted by atomic mass is 10.1. The number of anilines is 1. The van der Waals surface area contributed by atoms with Gasteiger partial charge in [-0.15, -0.1) is 0 Å². The third kappa shape index (κ3) is 2.78. The lowest BCUT2D eigenvalue weighted by Gasteiger charge is -2.13. The predicted octanol–water partition coefficient (Wildman–Crippen LogP) is 2.59. The molecule has 0 saturated heterocycles. The summed E-state index contributed by atoms with van der Waals surface area (Å²) in [5.74, 6) is -0.485. The number of nitrogens with one attached hydrogen (secondary N) is 1. The molecule has 0 fully saturated rings. The fourth-order valence-electron chi connectivity index (χ4n) is 1.95. The molecule has 0 aromatic heterocycles. The number of hydrogen-bond acceptors (Lipinski definition) is 3. The van der Waals surface area contributed by atoms with Gasteiger partial charge in [-0.2, -0.15) is 0 Å². The maximum Gasteiger partial charge on any atom is 0.259 e. The monoisotopic (exact) mass is 286 g/mol. The van der Waals surface area contributed by atoms with Gasteiger partial charge in [0.1, 0.15) is 10.7 Å². The Kier molecular flexibility index (Phi) is 4.00. The Balaban J connectivity index is 2.36. The predicted molar refractivity (Wildman–Crippen MR) is 83.1 cm³/mol. The van der Waals surface area contributed by atoms with E-state index in [0.29, 0.717) is 11.3 Å². The minimum Gasteiger partial charge on any atom is -0.507 e. The molecule has 102 valence electrons. The van der Waals surface area contributed by atoms with Crippen LogP contribution in [0.1, 0.15) is 21.5 Å². The molecule has 2 aromatic carbocycles. The van der Waals surface area contributed by atoms with Crippen molar-refractivity contribution in [1.29, 1.82) is 0 Å². The first-order valence-electron chi connectivity index (χ1n) is 5.99. The summed E-state index contributed by atoms with van der Waals surface area (Å²) in [5, 5.41) is 12.4. The normalized spacial score (nSPS) is 10.1. The highest BCUT2D eigenvalue weighted by Crippen LogP contribution is 2.22. The fraction of sp³-hybridized carbons (Fsp3) is 0.0667.